The summed E-state index contributed by atoms with van der Waals surface area (Å²) in [6.45, 7) is 7.48. The quantitative estimate of drug-likeness (QED) is 0.778. The van der Waals surface area contributed by atoms with Crippen molar-refractivity contribution < 1.29 is 0 Å². The predicted molar refractivity (Wildman–Crippen MR) is 69.5 cm³/mol. The van der Waals surface area contributed by atoms with Crippen LogP contribution in [0.15, 0.2) is 18.2 Å². The van der Waals surface area contributed by atoms with E-state index in [0.29, 0.717) is 0 Å². The summed E-state index contributed by atoms with van der Waals surface area (Å²) in [5.74, 6) is 0.282. The lowest BCUT2D eigenvalue weighted by Crippen LogP contribution is -2.33. The molecule has 1 aliphatic rings. The molecule has 0 aromatic heterocycles. The van der Waals surface area contributed by atoms with Crippen molar-refractivity contribution in [2.45, 2.75) is 33.2 Å². The fourth-order valence-corrected chi connectivity index (χ4v) is 2.43. The van der Waals surface area contributed by atoms with E-state index in [1.54, 1.807) is 0 Å². The van der Waals surface area contributed by atoms with E-state index in [2.05, 4.69) is 43.0 Å². The zero-order valence-electron chi connectivity index (χ0n) is 10.7. The predicted octanol–water partition coefficient (Wildman–Crippen LogP) is 3.04. The van der Waals surface area contributed by atoms with Crippen molar-refractivity contribution in [2.75, 3.05) is 13.1 Å². The first-order chi connectivity index (χ1) is 8.19. The van der Waals surface area contributed by atoms with Crippen LogP contribution in [0.5, 0.6) is 0 Å². The SMILES string of the molecule is Cc1ccc(C)c(CN2CCC(C#N)CC2)c1. The number of rotatable bonds is 2. The van der Waals surface area contributed by atoms with Gasteiger partial charge in [-0.2, -0.15) is 5.26 Å². The van der Waals surface area contributed by atoms with E-state index >= 15 is 0 Å². The Morgan fingerprint density at radius 3 is 2.65 bits per heavy atom. The maximum atomic E-state index is 8.88. The Hall–Kier alpha value is -1.33. The molecule has 0 N–H and O–H groups in total. The van der Waals surface area contributed by atoms with E-state index in [4.69, 9.17) is 5.26 Å². The van der Waals surface area contributed by atoms with Gasteiger partial charge in [0.25, 0.3) is 0 Å². The van der Waals surface area contributed by atoms with Crippen molar-refractivity contribution in [2.24, 2.45) is 5.92 Å². The minimum Gasteiger partial charge on any atom is -0.299 e. The summed E-state index contributed by atoms with van der Waals surface area (Å²) in [5, 5.41) is 8.88. The molecule has 2 rings (SSSR count). The molecule has 1 saturated heterocycles. The molecule has 0 amide bonds. The van der Waals surface area contributed by atoms with Gasteiger partial charge in [0.1, 0.15) is 0 Å². The Kier molecular flexibility index (Phi) is 3.81. The van der Waals surface area contributed by atoms with Gasteiger partial charge < -0.3 is 0 Å². The van der Waals surface area contributed by atoms with Crippen LogP contribution in [0.1, 0.15) is 29.5 Å². The second-order valence-electron chi connectivity index (χ2n) is 5.11. The summed E-state index contributed by atoms with van der Waals surface area (Å²) in [4.78, 5) is 2.47. The van der Waals surface area contributed by atoms with Gasteiger partial charge >= 0.3 is 0 Å². The maximum Gasteiger partial charge on any atom is 0.0656 e. The Morgan fingerprint density at radius 2 is 2.00 bits per heavy atom. The van der Waals surface area contributed by atoms with Crippen LogP contribution in [0.2, 0.25) is 0 Å². The molecule has 1 aliphatic heterocycles. The average molecular weight is 228 g/mol. The highest BCUT2D eigenvalue weighted by atomic mass is 15.1. The fraction of sp³-hybridized carbons (Fsp3) is 0.533. The highest BCUT2D eigenvalue weighted by molar-refractivity contribution is 5.30. The molecule has 0 saturated carbocycles. The summed E-state index contributed by atoms with van der Waals surface area (Å²) in [7, 11) is 0. The van der Waals surface area contributed by atoms with Gasteiger partial charge in [0.2, 0.25) is 0 Å². The molecular weight excluding hydrogens is 208 g/mol. The topological polar surface area (TPSA) is 27.0 Å². The minimum atomic E-state index is 0.282. The number of benzene rings is 1. The molecule has 0 unspecified atom stereocenters. The van der Waals surface area contributed by atoms with Gasteiger partial charge in [0.05, 0.1) is 6.07 Å². The molecule has 17 heavy (non-hydrogen) atoms. The molecule has 0 bridgehead atoms. The second kappa shape index (κ2) is 5.33. The number of aryl methyl sites for hydroxylation is 2. The van der Waals surface area contributed by atoms with E-state index in [-0.39, 0.29) is 5.92 Å². The van der Waals surface area contributed by atoms with Crippen LogP contribution in [0, 0.1) is 31.1 Å². The lowest BCUT2D eigenvalue weighted by molar-refractivity contribution is 0.198. The number of hydrogen-bond acceptors (Lipinski definition) is 2. The van der Waals surface area contributed by atoms with Gasteiger partial charge in [0, 0.05) is 12.5 Å². The summed E-state index contributed by atoms with van der Waals surface area (Å²) in [6, 6.07) is 9.03. The summed E-state index contributed by atoms with van der Waals surface area (Å²) in [5.41, 5.74) is 4.14. The highest BCUT2D eigenvalue weighted by Gasteiger charge is 2.18. The van der Waals surface area contributed by atoms with Gasteiger partial charge in [-0.3, -0.25) is 4.90 Å². The van der Waals surface area contributed by atoms with E-state index in [1.165, 1.54) is 16.7 Å². The standard InChI is InChI=1S/C15H20N2/c1-12-3-4-13(2)15(9-12)11-17-7-5-14(10-16)6-8-17/h3-4,9,14H,5-8,11H2,1-2H3. The van der Waals surface area contributed by atoms with Gasteiger partial charge in [-0.1, -0.05) is 23.8 Å². The molecule has 2 nitrogen and oxygen atoms in total. The van der Waals surface area contributed by atoms with E-state index in [1.807, 2.05) is 0 Å². The Labute approximate surface area is 104 Å². The smallest absolute Gasteiger partial charge is 0.0656 e. The van der Waals surface area contributed by atoms with Crippen LogP contribution in [-0.4, -0.2) is 18.0 Å². The summed E-state index contributed by atoms with van der Waals surface area (Å²) >= 11 is 0. The zero-order chi connectivity index (χ0) is 12.3. The van der Waals surface area contributed by atoms with Gasteiger partial charge in [-0.15, -0.1) is 0 Å². The first kappa shape index (κ1) is 12.1. The molecule has 0 atom stereocenters. The van der Waals surface area contributed by atoms with Crippen molar-refractivity contribution in [1.82, 2.24) is 4.90 Å². The van der Waals surface area contributed by atoms with Crippen molar-refractivity contribution in [3.63, 3.8) is 0 Å². The lowest BCUT2D eigenvalue weighted by atomic mass is 9.97. The molecule has 1 fully saturated rings. The molecule has 90 valence electrons. The fourth-order valence-electron chi connectivity index (χ4n) is 2.43. The Balaban J connectivity index is 1.98. The first-order valence-corrected chi connectivity index (χ1v) is 6.37. The van der Waals surface area contributed by atoms with Crippen molar-refractivity contribution in [1.29, 1.82) is 5.26 Å². The normalized spacial score (nSPS) is 17.9. The number of likely N-dealkylation sites (tertiary alicyclic amines) is 1. The van der Waals surface area contributed by atoms with Crippen molar-refractivity contribution in [3.05, 3.63) is 34.9 Å². The van der Waals surface area contributed by atoms with Crippen LogP contribution in [0.4, 0.5) is 0 Å². The highest BCUT2D eigenvalue weighted by Crippen LogP contribution is 2.20. The Morgan fingerprint density at radius 1 is 1.29 bits per heavy atom. The summed E-state index contributed by atoms with van der Waals surface area (Å²) in [6.07, 6.45) is 2.06. The molecule has 2 heteroatoms. The van der Waals surface area contributed by atoms with Crippen LogP contribution in [-0.2, 0) is 6.54 Å². The number of nitriles is 1. The van der Waals surface area contributed by atoms with Crippen LogP contribution < -0.4 is 0 Å². The van der Waals surface area contributed by atoms with Crippen LogP contribution in [0.3, 0.4) is 0 Å². The largest absolute Gasteiger partial charge is 0.299 e. The molecular formula is C15H20N2. The molecule has 1 aromatic rings. The monoisotopic (exact) mass is 228 g/mol. The van der Waals surface area contributed by atoms with Crippen LogP contribution in [0.25, 0.3) is 0 Å². The summed E-state index contributed by atoms with van der Waals surface area (Å²) < 4.78 is 0. The minimum absolute atomic E-state index is 0.282. The second-order valence-corrected chi connectivity index (χ2v) is 5.11. The maximum absolute atomic E-state index is 8.88. The zero-order valence-corrected chi connectivity index (χ0v) is 10.7. The first-order valence-electron chi connectivity index (χ1n) is 6.37. The number of hydrogen-bond donors (Lipinski definition) is 0. The average Bonchev–Trinajstić information content (AvgIpc) is 2.35. The van der Waals surface area contributed by atoms with Crippen LogP contribution >= 0.6 is 0 Å². The Bertz CT molecular complexity index is 423. The third kappa shape index (κ3) is 3.08. The molecule has 0 radical (unpaired) electrons. The van der Waals surface area contributed by atoms with Crippen molar-refractivity contribution in [3.8, 4) is 6.07 Å². The van der Waals surface area contributed by atoms with E-state index in [9.17, 15) is 0 Å². The van der Waals surface area contributed by atoms with Gasteiger partial charge in [-0.05, 0) is 50.9 Å². The lowest BCUT2D eigenvalue weighted by Gasteiger charge is -2.29. The molecule has 1 heterocycles. The third-order valence-corrected chi connectivity index (χ3v) is 3.67. The number of nitrogens with zero attached hydrogens (tertiary/aromatic N) is 2. The van der Waals surface area contributed by atoms with Crippen molar-refractivity contribution >= 4 is 0 Å². The van der Waals surface area contributed by atoms with Gasteiger partial charge in [0.15, 0.2) is 0 Å². The van der Waals surface area contributed by atoms with E-state index < -0.39 is 0 Å². The molecule has 0 spiro atoms. The third-order valence-electron chi connectivity index (χ3n) is 3.67. The van der Waals surface area contributed by atoms with E-state index in [0.717, 1.165) is 32.5 Å². The molecule has 0 aliphatic carbocycles. The number of piperidine rings is 1. The van der Waals surface area contributed by atoms with Gasteiger partial charge in [-0.25, -0.2) is 0 Å². The molecule has 1 aromatic carbocycles.